The molecular formula is C25H30N2O3. The maximum atomic E-state index is 10.5. The molecule has 1 fully saturated rings. The lowest BCUT2D eigenvalue weighted by atomic mass is 9.96. The predicted octanol–water partition coefficient (Wildman–Crippen LogP) is 3.87. The number of nitrogens with zero attached hydrogens (tertiary/aromatic N) is 2. The Bertz CT molecular complexity index is 977. The van der Waals surface area contributed by atoms with Gasteiger partial charge in [0, 0.05) is 55.8 Å². The number of aliphatic hydroxyl groups excluding tert-OH is 1. The van der Waals surface area contributed by atoms with Crippen LogP contribution < -0.4 is 9.64 Å². The second-order valence-corrected chi connectivity index (χ2v) is 8.46. The van der Waals surface area contributed by atoms with E-state index in [1.54, 1.807) is 0 Å². The molecular weight excluding hydrogens is 376 g/mol. The molecule has 0 amide bonds. The van der Waals surface area contributed by atoms with E-state index >= 15 is 0 Å². The molecule has 5 nitrogen and oxygen atoms in total. The number of fused-ring (bicyclic) bond motifs is 3. The Balaban J connectivity index is 1.13. The summed E-state index contributed by atoms with van der Waals surface area (Å²) in [5.41, 5.74) is 3.57. The summed E-state index contributed by atoms with van der Waals surface area (Å²) in [6, 6.07) is 16.6. The maximum absolute atomic E-state index is 10.5. The van der Waals surface area contributed by atoms with Gasteiger partial charge in [-0.3, -0.25) is 4.90 Å². The van der Waals surface area contributed by atoms with Crippen molar-refractivity contribution in [2.75, 3.05) is 44.2 Å². The van der Waals surface area contributed by atoms with E-state index in [0.29, 0.717) is 13.2 Å². The molecule has 5 rings (SSSR count). The van der Waals surface area contributed by atoms with Crippen LogP contribution in [-0.4, -0.2) is 55.4 Å². The van der Waals surface area contributed by atoms with Gasteiger partial charge in [-0.25, -0.2) is 0 Å². The highest BCUT2D eigenvalue weighted by Gasteiger charge is 2.21. The van der Waals surface area contributed by atoms with Gasteiger partial charge in [-0.2, -0.15) is 0 Å². The van der Waals surface area contributed by atoms with Crippen molar-refractivity contribution in [1.82, 2.24) is 4.90 Å². The molecule has 158 valence electrons. The largest absolute Gasteiger partial charge is 0.491 e. The second-order valence-electron chi connectivity index (χ2n) is 8.46. The molecule has 1 atom stereocenters. The first kappa shape index (κ1) is 19.5. The smallest absolute Gasteiger partial charge is 0.134 e. The predicted molar refractivity (Wildman–Crippen MR) is 119 cm³/mol. The van der Waals surface area contributed by atoms with Crippen molar-refractivity contribution >= 4 is 16.7 Å². The number of benzene rings is 2. The van der Waals surface area contributed by atoms with E-state index in [4.69, 9.17) is 9.15 Å². The van der Waals surface area contributed by atoms with Gasteiger partial charge in [-0.1, -0.05) is 18.2 Å². The van der Waals surface area contributed by atoms with Crippen molar-refractivity contribution in [1.29, 1.82) is 0 Å². The Hall–Kier alpha value is -2.50. The summed E-state index contributed by atoms with van der Waals surface area (Å²) in [7, 11) is 0. The van der Waals surface area contributed by atoms with E-state index < -0.39 is 6.10 Å². The number of rotatable bonds is 6. The van der Waals surface area contributed by atoms with Gasteiger partial charge in [0.2, 0.25) is 0 Å². The minimum absolute atomic E-state index is 0.310. The highest BCUT2D eigenvalue weighted by atomic mass is 16.5. The summed E-state index contributed by atoms with van der Waals surface area (Å²) in [5, 5.41) is 11.7. The third-order valence-electron chi connectivity index (χ3n) is 6.33. The molecule has 2 aliphatic rings. The van der Waals surface area contributed by atoms with E-state index in [0.717, 1.165) is 56.1 Å². The zero-order chi connectivity index (χ0) is 20.3. The molecule has 1 unspecified atom stereocenters. The van der Waals surface area contributed by atoms with Gasteiger partial charge in [0.15, 0.2) is 0 Å². The summed E-state index contributed by atoms with van der Waals surface area (Å²) < 4.78 is 11.9. The van der Waals surface area contributed by atoms with Crippen LogP contribution in [0.1, 0.15) is 24.2 Å². The van der Waals surface area contributed by atoms with Crippen molar-refractivity contribution in [3.63, 3.8) is 0 Å². The molecule has 1 aliphatic heterocycles. The fourth-order valence-corrected chi connectivity index (χ4v) is 4.70. The van der Waals surface area contributed by atoms with Crippen molar-refractivity contribution in [2.24, 2.45) is 0 Å². The Morgan fingerprint density at radius 1 is 0.967 bits per heavy atom. The zero-order valence-electron chi connectivity index (χ0n) is 17.4. The van der Waals surface area contributed by atoms with Crippen molar-refractivity contribution < 1.29 is 14.3 Å². The van der Waals surface area contributed by atoms with Gasteiger partial charge in [-0.15, -0.1) is 0 Å². The van der Waals surface area contributed by atoms with Gasteiger partial charge in [0.05, 0.1) is 0 Å². The number of piperazine rings is 1. The summed E-state index contributed by atoms with van der Waals surface area (Å²) in [4.78, 5) is 4.73. The summed E-state index contributed by atoms with van der Waals surface area (Å²) in [6.45, 7) is 4.84. The number of furan rings is 1. The van der Waals surface area contributed by atoms with Gasteiger partial charge in [0.25, 0.3) is 0 Å². The number of hydrogen-bond acceptors (Lipinski definition) is 5. The van der Waals surface area contributed by atoms with Gasteiger partial charge < -0.3 is 19.2 Å². The van der Waals surface area contributed by atoms with Gasteiger partial charge in [-0.05, 0) is 49.6 Å². The summed E-state index contributed by atoms with van der Waals surface area (Å²) in [5.74, 6) is 1.95. The fourth-order valence-electron chi connectivity index (χ4n) is 4.70. The van der Waals surface area contributed by atoms with Crippen LogP contribution >= 0.6 is 0 Å². The second kappa shape index (κ2) is 8.70. The van der Waals surface area contributed by atoms with Crippen LogP contribution in [-0.2, 0) is 12.8 Å². The first-order valence-corrected chi connectivity index (χ1v) is 11.1. The normalized spacial score (nSPS) is 18.4. The SMILES string of the molecule is OC(COc1ccc2oc3c(c2c1)CCCC3)CN1CCN(c2ccccc2)CC1. The average Bonchev–Trinajstić information content (AvgIpc) is 3.17. The number of aryl methyl sites for hydroxylation is 2. The summed E-state index contributed by atoms with van der Waals surface area (Å²) in [6.07, 6.45) is 4.06. The molecule has 30 heavy (non-hydrogen) atoms. The number of ether oxygens (including phenoxy) is 1. The number of anilines is 1. The molecule has 0 saturated carbocycles. The average molecular weight is 407 g/mol. The Kier molecular flexibility index (Phi) is 5.65. The van der Waals surface area contributed by atoms with Crippen molar-refractivity contribution in [3.05, 3.63) is 59.9 Å². The molecule has 0 spiro atoms. The minimum atomic E-state index is -0.498. The maximum Gasteiger partial charge on any atom is 0.134 e. The molecule has 1 aliphatic carbocycles. The third kappa shape index (κ3) is 4.18. The van der Waals surface area contributed by atoms with Crippen molar-refractivity contribution in [2.45, 2.75) is 31.8 Å². The third-order valence-corrected chi connectivity index (χ3v) is 6.33. The zero-order valence-corrected chi connectivity index (χ0v) is 17.4. The quantitative estimate of drug-likeness (QED) is 0.673. The molecule has 1 saturated heterocycles. The lowest BCUT2D eigenvalue weighted by molar-refractivity contribution is 0.0663. The van der Waals surface area contributed by atoms with Crippen molar-refractivity contribution in [3.8, 4) is 5.75 Å². The lowest BCUT2D eigenvalue weighted by Gasteiger charge is -2.36. The molecule has 2 aromatic carbocycles. The monoisotopic (exact) mass is 406 g/mol. The van der Waals surface area contributed by atoms with Gasteiger partial charge >= 0.3 is 0 Å². The number of aliphatic hydroxyl groups is 1. The molecule has 0 radical (unpaired) electrons. The number of para-hydroxylation sites is 1. The first-order valence-electron chi connectivity index (χ1n) is 11.1. The lowest BCUT2D eigenvalue weighted by Crippen LogP contribution is -2.49. The van der Waals surface area contributed by atoms with Crippen LogP contribution in [0.15, 0.2) is 52.9 Å². The van der Waals surface area contributed by atoms with Gasteiger partial charge in [0.1, 0.15) is 29.8 Å². The number of β-amino-alcohol motifs (C(OH)–C–C–N with tert-alkyl or cyclic N) is 1. The Labute approximate surface area is 177 Å². The van der Waals surface area contributed by atoms with E-state index in [1.165, 1.54) is 29.5 Å². The van der Waals surface area contributed by atoms with E-state index in [9.17, 15) is 5.11 Å². The van der Waals surface area contributed by atoms with E-state index in [1.807, 2.05) is 12.1 Å². The topological polar surface area (TPSA) is 49.1 Å². The molecule has 1 aromatic heterocycles. The van der Waals surface area contributed by atoms with Crippen LogP contribution in [0.2, 0.25) is 0 Å². The fraction of sp³-hybridized carbons (Fsp3) is 0.440. The summed E-state index contributed by atoms with van der Waals surface area (Å²) >= 11 is 0. The molecule has 0 bridgehead atoms. The number of hydrogen-bond donors (Lipinski definition) is 1. The first-order chi connectivity index (χ1) is 14.8. The molecule has 2 heterocycles. The van der Waals surface area contributed by atoms with Crippen LogP contribution in [0, 0.1) is 0 Å². The van der Waals surface area contributed by atoms with Crippen LogP contribution in [0.25, 0.3) is 11.0 Å². The van der Waals surface area contributed by atoms with Crippen LogP contribution in [0.5, 0.6) is 5.75 Å². The highest BCUT2D eigenvalue weighted by molar-refractivity contribution is 5.84. The van der Waals surface area contributed by atoms with E-state index in [-0.39, 0.29) is 0 Å². The minimum Gasteiger partial charge on any atom is -0.491 e. The molecule has 5 heteroatoms. The standard InChI is InChI=1S/C25H30N2O3/c28-20(17-26-12-14-27(15-13-26)19-6-2-1-3-7-19)18-29-21-10-11-25-23(16-21)22-8-4-5-9-24(22)30-25/h1-3,6-7,10-11,16,20,28H,4-5,8-9,12-15,17-18H2. The Morgan fingerprint density at radius 3 is 2.60 bits per heavy atom. The highest BCUT2D eigenvalue weighted by Crippen LogP contribution is 2.34. The van der Waals surface area contributed by atoms with Crippen LogP contribution in [0.4, 0.5) is 5.69 Å². The molecule has 3 aromatic rings. The van der Waals surface area contributed by atoms with Crippen LogP contribution in [0.3, 0.4) is 0 Å². The molecule has 1 N–H and O–H groups in total. The van der Waals surface area contributed by atoms with E-state index in [2.05, 4.69) is 46.2 Å². The Morgan fingerprint density at radius 2 is 1.77 bits per heavy atom.